The van der Waals surface area contributed by atoms with Crippen LogP contribution in [0.5, 0.6) is 0 Å². The van der Waals surface area contributed by atoms with Crippen molar-refractivity contribution >= 4 is 6.03 Å². The molecule has 2 heterocycles. The molecule has 0 spiro atoms. The zero-order valence-electron chi connectivity index (χ0n) is 10.7. The summed E-state index contributed by atoms with van der Waals surface area (Å²) < 4.78 is 0. The van der Waals surface area contributed by atoms with Gasteiger partial charge in [-0.2, -0.15) is 0 Å². The average Bonchev–Trinajstić information content (AvgIpc) is 2.49. The number of carbonyl (C=O) groups is 1. The van der Waals surface area contributed by atoms with Gasteiger partial charge in [-0.1, -0.05) is 13.8 Å². The van der Waals surface area contributed by atoms with Crippen LogP contribution in [0.25, 0.3) is 0 Å². The van der Waals surface area contributed by atoms with E-state index in [1.165, 1.54) is 25.7 Å². The molecule has 0 aromatic rings. The van der Waals surface area contributed by atoms with Gasteiger partial charge in [0.25, 0.3) is 0 Å². The van der Waals surface area contributed by atoms with Gasteiger partial charge >= 0.3 is 6.03 Å². The van der Waals surface area contributed by atoms with Gasteiger partial charge in [-0.3, -0.25) is 0 Å². The first-order valence-corrected chi connectivity index (χ1v) is 6.69. The van der Waals surface area contributed by atoms with Crippen molar-refractivity contribution in [2.75, 3.05) is 6.54 Å². The van der Waals surface area contributed by atoms with Gasteiger partial charge in [-0.25, -0.2) is 4.79 Å². The van der Waals surface area contributed by atoms with Crippen molar-refractivity contribution in [2.24, 2.45) is 11.8 Å². The fourth-order valence-corrected chi connectivity index (χ4v) is 3.34. The first-order chi connectivity index (χ1) is 7.63. The number of nitrogens with zero attached hydrogens (tertiary/aromatic N) is 1. The molecule has 2 rings (SSSR count). The van der Waals surface area contributed by atoms with Gasteiger partial charge < -0.3 is 10.2 Å². The van der Waals surface area contributed by atoms with Gasteiger partial charge in [-0.15, -0.1) is 0 Å². The third-order valence-electron chi connectivity index (χ3n) is 4.27. The number of rotatable bonds is 2. The highest BCUT2D eigenvalue weighted by atomic mass is 16.2. The summed E-state index contributed by atoms with van der Waals surface area (Å²) in [7, 11) is 0. The van der Waals surface area contributed by atoms with Crippen LogP contribution in [0.4, 0.5) is 4.79 Å². The van der Waals surface area contributed by atoms with Crippen molar-refractivity contribution in [1.29, 1.82) is 0 Å². The van der Waals surface area contributed by atoms with Gasteiger partial charge in [0.15, 0.2) is 0 Å². The molecule has 3 nitrogen and oxygen atoms in total. The standard InChI is InChI=1S/C13H24N2O/c1-4-14-13(16)15-11-5-6-12(15)8-10(7-11)9(2)3/h9-12H,4-8H2,1-3H3,(H,14,16). The number of carbonyl (C=O) groups excluding carboxylic acids is 1. The second kappa shape index (κ2) is 4.64. The summed E-state index contributed by atoms with van der Waals surface area (Å²) in [5.74, 6) is 1.59. The Morgan fingerprint density at radius 1 is 1.31 bits per heavy atom. The van der Waals surface area contributed by atoms with E-state index in [0.717, 1.165) is 18.4 Å². The normalized spacial score (nSPS) is 33.2. The van der Waals surface area contributed by atoms with E-state index in [1.54, 1.807) is 0 Å². The van der Waals surface area contributed by atoms with Gasteiger partial charge in [0.2, 0.25) is 0 Å². The Morgan fingerprint density at radius 2 is 1.88 bits per heavy atom. The minimum atomic E-state index is 0.164. The Kier molecular flexibility index (Phi) is 3.41. The van der Waals surface area contributed by atoms with E-state index < -0.39 is 0 Å². The predicted octanol–water partition coefficient (Wildman–Crippen LogP) is 2.61. The van der Waals surface area contributed by atoms with Crippen LogP contribution < -0.4 is 5.32 Å². The second-order valence-electron chi connectivity index (χ2n) is 5.60. The van der Waals surface area contributed by atoms with E-state index in [0.29, 0.717) is 12.1 Å². The van der Waals surface area contributed by atoms with Crippen LogP contribution in [0, 0.1) is 11.8 Å². The monoisotopic (exact) mass is 224 g/mol. The highest BCUT2D eigenvalue weighted by Crippen LogP contribution is 2.41. The van der Waals surface area contributed by atoms with E-state index in [4.69, 9.17) is 0 Å². The number of hydrogen-bond acceptors (Lipinski definition) is 1. The molecule has 2 aliphatic heterocycles. The molecule has 2 fully saturated rings. The van der Waals surface area contributed by atoms with Gasteiger partial charge in [0.05, 0.1) is 0 Å². The smallest absolute Gasteiger partial charge is 0.317 e. The van der Waals surface area contributed by atoms with Crippen LogP contribution in [-0.4, -0.2) is 29.6 Å². The quantitative estimate of drug-likeness (QED) is 0.768. The number of amides is 2. The van der Waals surface area contributed by atoms with E-state index in [9.17, 15) is 4.79 Å². The topological polar surface area (TPSA) is 32.3 Å². The van der Waals surface area contributed by atoms with Crippen LogP contribution >= 0.6 is 0 Å². The van der Waals surface area contributed by atoms with E-state index in [1.807, 2.05) is 6.92 Å². The molecule has 2 amide bonds. The molecular formula is C13H24N2O. The van der Waals surface area contributed by atoms with Gasteiger partial charge in [0, 0.05) is 18.6 Å². The minimum absolute atomic E-state index is 0.164. The molecule has 3 heteroatoms. The average molecular weight is 224 g/mol. The molecule has 2 unspecified atom stereocenters. The molecule has 1 N–H and O–H groups in total. The highest BCUT2D eigenvalue weighted by Gasteiger charge is 2.43. The van der Waals surface area contributed by atoms with Crippen LogP contribution in [0.15, 0.2) is 0 Å². The van der Waals surface area contributed by atoms with Gasteiger partial charge in [-0.05, 0) is 44.4 Å². The molecule has 0 aromatic carbocycles. The zero-order chi connectivity index (χ0) is 11.7. The number of nitrogens with one attached hydrogen (secondary N) is 1. The summed E-state index contributed by atoms with van der Waals surface area (Å²) in [6.45, 7) is 7.35. The van der Waals surface area contributed by atoms with Gasteiger partial charge in [0.1, 0.15) is 0 Å². The summed E-state index contributed by atoms with van der Waals surface area (Å²) in [5.41, 5.74) is 0. The Labute approximate surface area is 98.6 Å². The largest absolute Gasteiger partial charge is 0.338 e. The maximum atomic E-state index is 12.0. The summed E-state index contributed by atoms with van der Waals surface area (Å²) >= 11 is 0. The van der Waals surface area contributed by atoms with Crippen molar-refractivity contribution < 1.29 is 4.79 Å². The Hall–Kier alpha value is -0.730. The lowest BCUT2D eigenvalue weighted by atomic mass is 9.83. The summed E-state index contributed by atoms with van der Waals surface area (Å²) in [5, 5.41) is 2.95. The fourth-order valence-electron chi connectivity index (χ4n) is 3.34. The molecule has 0 aromatic heterocycles. The molecule has 16 heavy (non-hydrogen) atoms. The molecular weight excluding hydrogens is 200 g/mol. The van der Waals surface area contributed by atoms with Crippen LogP contribution in [0.2, 0.25) is 0 Å². The van der Waals surface area contributed by atoms with Crippen molar-refractivity contribution in [1.82, 2.24) is 10.2 Å². The molecule has 2 saturated heterocycles. The van der Waals surface area contributed by atoms with E-state index >= 15 is 0 Å². The van der Waals surface area contributed by atoms with Crippen molar-refractivity contribution in [3.05, 3.63) is 0 Å². The molecule has 2 bridgehead atoms. The third-order valence-corrected chi connectivity index (χ3v) is 4.27. The van der Waals surface area contributed by atoms with E-state index in [-0.39, 0.29) is 6.03 Å². The zero-order valence-corrected chi connectivity index (χ0v) is 10.7. The Bertz CT molecular complexity index is 251. The number of piperidine rings is 1. The third kappa shape index (κ3) is 2.04. The molecule has 2 aliphatic rings. The predicted molar refractivity (Wildman–Crippen MR) is 65.3 cm³/mol. The van der Waals surface area contributed by atoms with Crippen molar-refractivity contribution in [3.63, 3.8) is 0 Å². The number of hydrogen-bond donors (Lipinski definition) is 1. The lowest BCUT2D eigenvalue weighted by Crippen LogP contribution is -2.51. The van der Waals surface area contributed by atoms with Crippen LogP contribution in [0.3, 0.4) is 0 Å². The maximum absolute atomic E-state index is 12.0. The first kappa shape index (κ1) is 11.7. The summed E-state index contributed by atoms with van der Waals surface area (Å²) in [4.78, 5) is 14.1. The Morgan fingerprint density at radius 3 is 2.31 bits per heavy atom. The highest BCUT2D eigenvalue weighted by molar-refractivity contribution is 5.75. The first-order valence-electron chi connectivity index (χ1n) is 6.69. The van der Waals surface area contributed by atoms with E-state index in [2.05, 4.69) is 24.1 Å². The lowest BCUT2D eigenvalue weighted by molar-refractivity contribution is 0.106. The summed E-state index contributed by atoms with van der Waals surface area (Å²) in [6, 6.07) is 1.19. The second-order valence-corrected chi connectivity index (χ2v) is 5.60. The molecule has 0 radical (unpaired) electrons. The SMILES string of the molecule is CCNC(=O)N1C2CCC1CC(C(C)C)C2. The van der Waals surface area contributed by atoms with Crippen LogP contribution in [0.1, 0.15) is 46.5 Å². The molecule has 0 aliphatic carbocycles. The van der Waals surface area contributed by atoms with Crippen LogP contribution in [-0.2, 0) is 0 Å². The molecule has 0 saturated carbocycles. The number of urea groups is 1. The number of fused-ring (bicyclic) bond motifs is 2. The Balaban J connectivity index is 2.02. The molecule has 2 atom stereocenters. The minimum Gasteiger partial charge on any atom is -0.338 e. The van der Waals surface area contributed by atoms with Crippen molar-refractivity contribution in [2.45, 2.75) is 58.5 Å². The fraction of sp³-hybridized carbons (Fsp3) is 0.923. The maximum Gasteiger partial charge on any atom is 0.317 e. The molecule has 92 valence electrons. The lowest BCUT2D eigenvalue weighted by Gasteiger charge is -2.40. The van der Waals surface area contributed by atoms with Crippen molar-refractivity contribution in [3.8, 4) is 0 Å². The summed E-state index contributed by atoms with van der Waals surface area (Å²) in [6.07, 6.45) is 4.85.